The SMILES string of the molecule is Cc1c(C(=O)O)nn(C2=CC(C)N(C)C=N2)c1NC(=O)c1ccccc1Cl. The van der Waals surface area contributed by atoms with Crippen LogP contribution < -0.4 is 5.32 Å². The number of aliphatic imine (C=N–C) groups is 1. The van der Waals surface area contributed by atoms with Gasteiger partial charge in [0, 0.05) is 18.7 Å². The number of hydrogen-bond acceptors (Lipinski definition) is 5. The van der Waals surface area contributed by atoms with Crippen LogP contribution >= 0.6 is 11.6 Å². The van der Waals surface area contributed by atoms with E-state index in [4.69, 9.17) is 11.6 Å². The number of carboxylic acid groups (broad SMARTS) is 1. The van der Waals surface area contributed by atoms with Crippen molar-refractivity contribution in [3.8, 4) is 0 Å². The van der Waals surface area contributed by atoms with E-state index in [-0.39, 0.29) is 23.1 Å². The van der Waals surface area contributed by atoms with Crippen LogP contribution in [0.15, 0.2) is 35.3 Å². The molecule has 8 nitrogen and oxygen atoms in total. The molecular formula is C18H18ClN5O3. The minimum Gasteiger partial charge on any atom is -0.476 e. The Labute approximate surface area is 160 Å². The fourth-order valence-corrected chi connectivity index (χ4v) is 2.81. The van der Waals surface area contributed by atoms with Crippen molar-refractivity contribution in [2.75, 3.05) is 12.4 Å². The van der Waals surface area contributed by atoms with Crippen molar-refractivity contribution in [2.24, 2.45) is 4.99 Å². The Bertz CT molecular complexity index is 979. The highest BCUT2D eigenvalue weighted by molar-refractivity contribution is 6.34. The highest BCUT2D eigenvalue weighted by atomic mass is 35.5. The first-order valence-electron chi connectivity index (χ1n) is 8.16. The number of benzene rings is 1. The van der Waals surface area contributed by atoms with Gasteiger partial charge in [-0.1, -0.05) is 23.7 Å². The monoisotopic (exact) mass is 387 g/mol. The molecule has 27 heavy (non-hydrogen) atoms. The van der Waals surface area contributed by atoms with E-state index >= 15 is 0 Å². The van der Waals surface area contributed by atoms with Crippen LogP contribution in [0.4, 0.5) is 5.82 Å². The molecular weight excluding hydrogens is 370 g/mol. The molecule has 0 saturated heterocycles. The summed E-state index contributed by atoms with van der Waals surface area (Å²) in [5, 5.41) is 16.6. The summed E-state index contributed by atoms with van der Waals surface area (Å²) in [6, 6.07) is 6.63. The van der Waals surface area contributed by atoms with Gasteiger partial charge in [-0.15, -0.1) is 0 Å². The van der Waals surface area contributed by atoms with E-state index in [1.54, 1.807) is 37.5 Å². The zero-order valence-electron chi connectivity index (χ0n) is 15.0. The second-order valence-electron chi connectivity index (χ2n) is 6.15. The lowest BCUT2D eigenvalue weighted by atomic mass is 10.2. The summed E-state index contributed by atoms with van der Waals surface area (Å²) in [4.78, 5) is 30.4. The van der Waals surface area contributed by atoms with E-state index < -0.39 is 11.9 Å². The van der Waals surface area contributed by atoms with Gasteiger partial charge in [-0.2, -0.15) is 9.78 Å². The Morgan fingerprint density at radius 3 is 2.63 bits per heavy atom. The molecule has 1 amide bonds. The van der Waals surface area contributed by atoms with Gasteiger partial charge in [0.15, 0.2) is 11.5 Å². The summed E-state index contributed by atoms with van der Waals surface area (Å²) < 4.78 is 1.33. The Morgan fingerprint density at radius 2 is 2.00 bits per heavy atom. The summed E-state index contributed by atoms with van der Waals surface area (Å²) in [5.41, 5.74) is 0.440. The first-order chi connectivity index (χ1) is 12.8. The van der Waals surface area contributed by atoms with E-state index in [2.05, 4.69) is 15.4 Å². The average Bonchev–Trinajstić information content (AvgIpc) is 2.94. The predicted molar refractivity (Wildman–Crippen MR) is 103 cm³/mol. The Kier molecular flexibility index (Phi) is 5.00. The number of nitrogens with one attached hydrogen (secondary N) is 1. The number of amides is 1. The van der Waals surface area contributed by atoms with Gasteiger partial charge < -0.3 is 15.3 Å². The maximum atomic E-state index is 12.7. The summed E-state index contributed by atoms with van der Waals surface area (Å²) in [6.07, 6.45) is 3.44. The number of hydrogen-bond donors (Lipinski definition) is 2. The lowest BCUT2D eigenvalue weighted by Crippen LogP contribution is -2.29. The van der Waals surface area contributed by atoms with Crippen molar-refractivity contribution in [2.45, 2.75) is 19.9 Å². The fraction of sp³-hybridized carbons (Fsp3) is 0.222. The maximum absolute atomic E-state index is 12.7. The molecule has 1 aliphatic heterocycles. The van der Waals surface area contributed by atoms with E-state index in [1.165, 1.54) is 4.68 Å². The molecule has 0 aliphatic carbocycles. The van der Waals surface area contributed by atoms with Crippen LogP contribution in [0.3, 0.4) is 0 Å². The average molecular weight is 388 g/mol. The highest BCUT2D eigenvalue weighted by Gasteiger charge is 2.25. The third-order valence-corrected chi connectivity index (χ3v) is 4.63. The molecule has 1 aliphatic rings. The van der Waals surface area contributed by atoms with Gasteiger partial charge in [0.1, 0.15) is 5.82 Å². The standard InChI is InChI=1S/C18H18ClN5O3/c1-10-8-14(20-9-23(10)3)24-16(11(2)15(22-24)18(26)27)21-17(25)12-6-4-5-7-13(12)19/h4-10H,1-3H3,(H,21,25)(H,26,27). The molecule has 0 spiro atoms. The molecule has 1 atom stereocenters. The van der Waals surface area contributed by atoms with Gasteiger partial charge in [0.05, 0.1) is 16.9 Å². The number of nitrogens with zero attached hydrogens (tertiary/aromatic N) is 4. The van der Waals surface area contributed by atoms with Crippen molar-refractivity contribution in [3.05, 3.63) is 52.2 Å². The molecule has 0 fully saturated rings. The summed E-state index contributed by atoms with van der Waals surface area (Å²) in [6.45, 7) is 3.54. The minimum atomic E-state index is -1.19. The largest absolute Gasteiger partial charge is 0.476 e. The molecule has 0 bridgehead atoms. The van der Waals surface area contributed by atoms with Gasteiger partial charge >= 0.3 is 5.97 Å². The number of likely N-dealkylation sites (N-methyl/N-ethyl adjacent to an activating group) is 1. The Balaban J connectivity index is 2.05. The molecule has 1 unspecified atom stereocenters. The van der Waals surface area contributed by atoms with Crippen LogP contribution in [0, 0.1) is 6.92 Å². The van der Waals surface area contributed by atoms with Crippen LogP contribution in [0.2, 0.25) is 5.02 Å². The van der Waals surface area contributed by atoms with Gasteiger partial charge in [-0.3, -0.25) is 4.79 Å². The minimum absolute atomic E-state index is 0.0300. The number of carbonyl (C=O) groups excluding carboxylic acids is 1. The highest BCUT2D eigenvalue weighted by Crippen LogP contribution is 2.26. The molecule has 1 aromatic heterocycles. The third kappa shape index (κ3) is 3.56. The first-order valence-corrected chi connectivity index (χ1v) is 8.54. The number of rotatable bonds is 4. The quantitative estimate of drug-likeness (QED) is 0.840. The predicted octanol–water partition coefficient (Wildman–Crippen LogP) is 2.96. The Hall–Kier alpha value is -3.13. The van der Waals surface area contributed by atoms with Crippen LogP contribution in [-0.4, -0.2) is 51.1 Å². The van der Waals surface area contributed by atoms with Crippen LogP contribution in [0.25, 0.3) is 5.82 Å². The van der Waals surface area contributed by atoms with Gasteiger partial charge in [-0.05, 0) is 32.1 Å². The van der Waals surface area contributed by atoms with E-state index in [0.29, 0.717) is 16.4 Å². The lowest BCUT2D eigenvalue weighted by Gasteiger charge is -2.24. The molecule has 0 saturated carbocycles. The number of aromatic nitrogens is 2. The second-order valence-corrected chi connectivity index (χ2v) is 6.56. The molecule has 2 N–H and O–H groups in total. The summed E-state index contributed by atoms with van der Waals surface area (Å²) >= 11 is 6.09. The first kappa shape index (κ1) is 18.7. The van der Waals surface area contributed by atoms with Crippen molar-refractivity contribution in [1.82, 2.24) is 14.7 Å². The summed E-state index contributed by atoms with van der Waals surface area (Å²) in [7, 11) is 1.87. The molecule has 9 heteroatoms. The van der Waals surface area contributed by atoms with Gasteiger partial charge in [0.2, 0.25) is 0 Å². The van der Waals surface area contributed by atoms with Crippen molar-refractivity contribution >= 4 is 41.5 Å². The van der Waals surface area contributed by atoms with E-state index in [9.17, 15) is 14.7 Å². The number of anilines is 1. The van der Waals surface area contributed by atoms with E-state index in [0.717, 1.165) is 0 Å². The Morgan fingerprint density at radius 1 is 1.30 bits per heavy atom. The van der Waals surface area contributed by atoms with Crippen LogP contribution in [-0.2, 0) is 0 Å². The molecule has 1 aromatic carbocycles. The summed E-state index contributed by atoms with van der Waals surface area (Å²) in [5.74, 6) is -1.000. The smallest absolute Gasteiger partial charge is 0.356 e. The molecule has 0 radical (unpaired) electrons. The van der Waals surface area contributed by atoms with E-state index in [1.807, 2.05) is 24.9 Å². The fourth-order valence-electron chi connectivity index (χ4n) is 2.59. The number of halogens is 1. The van der Waals surface area contributed by atoms with Crippen molar-refractivity contribution in [1.29, 1.82) is 0 Å². The normalized spacial score (nSPS) is 16.2. The topological polar surface area (TPSA) is 99.8 Å². The zero-order valence-corrected chi connectivity index (χ0v) is 15.7. The van der Waals surface area contributed by atoms with Crippen LogP contribution in [0.5, 0.6) is 0 Å². The van der Waals surface area contributed by atoms with Gasteiger partial charge in [-0.25, -0.2) is 9.79 Å². The molecule has 3 rings (SSSR count). The van der Waals surface area contributed by atoms with Crippen molar-refractivity contribution in [3.63, 3.8) is 0 Å². The van der Waals surface area contributed by atoms with Crippen molar-refractivity contribution < 1.29 is 14.7 Å². The number of carbonyl (C=O) groups is 2. The van der Waals surface area contributed by atoms with Crippen LogP contribution in [0.1, 0.15) is 33.3 Å². The number of carboxylic acids is 1. The maximum Gasteiger partial charge on any atom is 0.356 e. The second kappa shape index (κ2) is 7.24. The third-order valence-electron chi connectivity index (χ3n) is 4.30. The van der Waals surface area contributed by atoms with Gasteiger partial charge in [0.25, 0.3) is 5.91 Å². The molecule has 2 aromatic rings. The lowest BCUT2D eigenvalue weighted by molar-refractivity contribution is 0.0689. The zero-order chi connectivity index (χ0) is 19.7. The molecule has 140 valence electrons. The number of aromatic carboxylic acids is 1. The molecule has 2 heterocycles.